The minimum Gasteiger partial charge on any atom is -0.476 e. The quantitative estimate of drug-likeness (QED) is 0.887. The molecule has 0 fully saturated rings. The van der Waals surface area contributed by atoms with Crippen molar-refractivity contribution < 1.29 is 9.90 Å². The molecule has 0 atom stereocenters. The minimum atomic E-state index is -1.07. The highest BCUT2D eigenvalue weighted by molar-refractivity contribution is 5.97. The number of rotatable bonds is 3. The van der Waals surface area contributed by atoms with Crippen LogP contribution in [0.15, 0.2) is 24.3 Å². The second kappa shape index (κ2) is 4.76. The third kappa shape index (κ3) is 2.31. The van der Waals surface area contributed by atoms with Crippen LogP contribution >= 0.6 is 0 Å². The zero-order valence-corrected chi connectivity index (χ0v) is 11.2. The van der Waals surface area contributed by atoms with Crippen LogP contribution in [0, 0.1) is 0 Å². The average Bonchev–Trinajstić information content (AvgIpc) is 2.66. The molecule has 5 nitrogen and oxygen atoms in total. The summed E-state index contributed by atoms with van der Waals surface area (Å²) in [5, 5.41) is 13.1. The van der Waals surface area contributed by atoms with Crippen molar-refractivity contribution in [2.24, 2.45) is 7.05 Å². The van der Waals surface area contributed by atoms with Gasteiger partial charge in [0.15, 0.2) is 5.69 Å². The highest BCUT2D eigenvalue weighted by atomic mass is 16.4. The second-order valence-electron chi connectivity index (χ2n) is 4.81. The van der Waals surface area contributed by atoms with Gasteiger partial charge < -0.3 is 10.8 Å². The number of aromatic nitrogens is 2. The van der Waals surface area contributed by atoms with E-state index in [0.29, 0.717) is 17.3 Å². The smallest absolute Gasteiger partial charge is 0.357 e. The maximum atomic E-state index is 11.2. The Morgan fingerprint density at radius 2 is 1.89 bits per heavy atom. The van der Waals surface area contributed by atoms with Crippen LogP contribution in [-0.4, -0.2) is 20.9 Å². The lowest BCUT2D eigenvalue weighted by Crippen LogP contribution is -2.00. The Balaban J connectivity index is 2.55. The summed E-state index contributed by atoms with van der Waals surface area (Å²) in [6.07, 6.45) is 0. The van der Waals surface area contributed by atoms with Gasteiger partial charge in [-0.15, -0.1) is 0 Å². The monoisotopic (exact) mass is 259 g/mol. The molecule has 0 aliphatic carbocycles. The van der Waals surface area contributed by atoms with E-state index >= 15 is 0 Å². The van der Waals surface area contributed by atoms with E-state index < -0.39 is 5.97 Å². The molecule has 0 bridgehead atoms. The number of benzene rings is 1. The number of aromatic carboxylic acids is 1. The van der Waals surface area contributed by atoms with Crippen molar-refractivity contribution in [2.75, 3.05) is 5.73 Å². The number of aryl methyl sites for hydroxylation is 1. The summed E-state index contributed by atoms with van der Waals surface area (Å²) < 4.78 is 1.38. The molecule has 0 radical (unpaired) electrons. The summed E-state index contributed by atoms with van der Waals surface area (Å²) in [5.74, 6) is -0.288. The van der Waals surface area contributed by atoms with Crippen LogP contribution in [0.1, 0.15) is 35.8 Å². The Kier molecular flexibility index (Phi) is 3.29. The molecule has 1 heterocycles. The van der Waals surface area contributed by atoms with Crippen LogP contribution in [0.2, 0.25) is 0 Å². The van der Waals surface area contributed by atoms with E-state index in [1.165, 1.54) is 10.2 Å². The van der Waals surface area contributed by atoms with Gasteiger partial charge in [0.1, 0.15) is 5.82 Å². The van der Waals surface area contributed by atoms with Gasteiger partial charge in [0, 0.05) is 7.05 Å². The first kappa shape index (κ1) is 13.1. The van der Waals surface area contributed by atoms with Gasteiger partial charge in [0.25, 0.3) is 0 Å². The Morgan fingerprint density at radius 1 is 1.32 bits per heavy atom. The fourth-order valence-electron chi connectivity index (χ4n) is 2.01. The predicted molar refractivity (Wildman–Crippen MR) is 74.1 cm³/mol. The lowest BCUT2D eigenvalue weighted by molar-refractivity contribution is 0.0690. The highest BCUT2D eigenvalue weighted by Gasteiger charge is 2.20. The number of anilines is 1. The van der Waals surface area contributed by atoms with Crippen LogP contribution in [0.4, 0.5) is 5.82 Å². The Labute approximate surface area is 111 Å². The van der Waals surface area contributed by atoms with Crippen LogP contribution in [0.5, 0.6) is 0 Å². The summed E-state index contributed by atoms with van der Waals surface area (Å²) in [6.45, 7) is 4.21. The number of carbonyl (C=O) groups is 1. The van der Waals surface area contributed by atoms with Gasteiger partial charge in [-0.1, -0.05) is 38.1 Å². The van der Waals surface area contributed by atoms with E-state index in [4.69, 9.17) is 5.73 Å². The third-order valence-corrected chi connectivity index (χ3v) is 3.16. The van der Waals surface area contributed by atoms with Crippen molar-refractivity contribution in [3.8, 4) is 11.1 Å². The Hall–Kier alpha value is -2.30. The number of carboxylic acid groups (broad SMARTS) is 1. The normalized spacial score (nSPS) is 10.9. The zero-order chi connectivity index (χ0) is 14.2. The van der Waals surface area contributed by atoms with Gasteiger partial charge in [-0.2, -0.15) is 5.10 Å². The van der Waals surface area contributed by atoms with Crippen molar-refractivity contribution in [3.05, 3.63) is 35.5 Å². The maximum absolute atomic E-state index is 11.2. The molecule has 0 aliphatic heterocycles. The standard InChI is InChI=1S/C14H17N3O2/c1-8(2)9-4-6-10(7-5-9)11-12(14(18)19)16-17(3)13(11)15/h4-8H,15H2,1-3H3,(H,18,19). The molecule has 5 heteroatoms. The Morgan fingerprint density at radius 3 is 2.37 bits per heavy atom. The van der Waals surface area contributed by atoms with Gasteiger partial charge in [0.2, 0.25) is 0 Å². The fourth-order valence-corrected chi connectivity index (χ4v) is 2.01. The average molecular weight is 259 g/mol. The first-order chi connectivity index (χ1) is 8.91. The van der Waals surface area contributed by atoms with E-state index in [1.54, 1.807) is 7.05 Å². The van der Waals surface area contributed by atoms with Gasteiger partial charge in [-0.25, -0.2) is 4.79 Å². The largest absolute Gasteiger partial charge is 0.476 e. The van der Waals surface area contributed by atoms with Crippen molar-refractivity contribution in [1.29, 1.82) is 0 Å². The molecule has 2 rings (SSSR count). The minimum absolute atomic E-state index is 0.0164. The van der Waals surface area contributed by atoms with Gasteiger partial charge in [-0.05, 0) is 17.0 Å². The van der Waals surface area contributed by atoms with E-state index in [0.717, 1.165) is 5.56 Å². The topological polar surface area (TPSA) is 81.1 Å². The van der Waals surface area contributed by atoms with Gasteiger partial charge >= 0.3 is 5.97 Å². The summed E-state index contributed by atoms with van der Waals surface area (Å²) in [4.78, 5) is 11.2. The molecule has 19 heavy (non-hydrogen) atoms. The van der Waals surface area contributed by atoms with Gasteiger partial charge in [0.05, 0.1) is 5.56 Å². The van der Waals surface area contributed by atoms with Crippen LogP contribution < -0.4 is 5.73 Å². The van der Waals surface area contributed by atoms with Crippen LogP contribution in [0.25, 0.3) is 11.1 Å². The molecule has 0 saturated carbocycles. The number of nitrogen functional groups attached to an aromatic ring is 1. The van der Waals surface area contributed by atoms with Crippen LogP contribution in [-0.2, 0) is 7.05 Å². The van der Waals surface area contributed by atoms with Crippen molar-refractivity contribution in [2.45, 2.75) is 19.8 Å². The lowest BCUT2D eigenvalue weighted by Gasteiger charge is -2.07. The fraction of sp³-hybridized carbons (Fsp3) is 0.286. The van der Waals surface area contributed by atoms with E-state index in [1.807, 2.05) is 24.3 Å². The number of hydrogen-bond donors (Lipinski definition) is 2. The Bertz CT molecular complexity index is 612. The molecule has 0 saturated heterocycles. The molecule has 1 aromatic carbocycles. The van der Waals surface area contributed by atoms with Crippen molar-refractivity contribution in [3.63, 3.8) is 0 Å². The van der Waals surface area contributed by atoms with E-state index in [9.17, 15) is 9.90 Å². The number of carboxylic acids is 1. The SMILES string of the molecule is CC(C)c1ccc(-c2c(C(=O)O)nn(C)c2N)cc1. The van der Waals surface area contributed by atoms with Crippen molar-refractivity contribution in [1.82, 2.24) is 9.78 Å². The molecule has 2 aromatic rings. The number of nitrogens with two attached hydrogens (primary N) is 1. The first-order valence-corrected chi connectivity index (χ1v) is 6.08. The first-order valence-electron chi connectivity index (χ1n) is 6.08. The molecular weight excluding hydrogens is 242 g/mol. The van der Waals surface area contributed by atoms with E-state index in [-0.39, 0.29) is 5.69 Å². The number of hydrogen-bond acceptors (Lipinski definition) is 3. The molecule has 1 aromatic heterocycles. The summed E-state index contributed by atoms with van der Waals surface area (Å²) in [6, 6.07) is 7.74. The molecule has 0 aliphatic rings. The highest BCUT2D eigenvalue weighted by Crippen LogP contribution is 2.30. The third-order valence-electron chi connectivity index (χ3n) is 3.16. The summed E-state index contributed by atoms with van der Waals surface area (Å²) in [7, 11) is 1.63. The zero-order valence-electron chi connectivity index (χ0n) is 11.2. The lowest BCUT2D eigenvalue weighted by atomic mass is 9.98. The second-order valence-corrected chi connectivity index (χ2v) is 4.81. The van der Waals surface area contributed by atoms with Crippen molar-refractivity contribution >= 4 is 11.8 Å². The number of nitrogens with zero attached hydrogens (tertiary/aromatic N) is 2. The van der Waals surface area contributed by atoms with E-state index in [2.05, 4.69) is 18.9 Å². The predicted octanol–water partition coefficient (Wildman–Crippen LogP) is 2.49. The summed E-state index contributed by atoms with van der Waals surface area (Å²) in [5.41, 5.74) is 8.34. The molecular formula is C14H17N3O2. The molecule has 0 amide bonds. The molecule has 0 spiro atoms. The van der Waals surface area contributed by atoms with Gasteiger partial charge in [-0.3, -0.25) is 4.68 Å². The van der Waals surface area contributed by atoms with Crippen LogP contribution in [0.3, 0.4) is 0 Å². The molecule has 100 valence electrons. The molecule has 3 N–H and O–H groups in total. The maximum Gasteiger partial charge on any atom is 0.357 e. The summed E-state index contributed by atoms with van der Waals surface area (Å²) >= 11 is 0. The molecule has 0 unspecified atom stereocenters.